The molecule has 0 aliphatic carbocycles. The van der Waals surface area contributed by atoms with Crippen molar-refractivity contribution >= 4 is 17.0 Å². The highest BCUT2D eigenvalue weighted by atomic mass is 16.6. The molecule has 0 spiro atoms. The van der Waals surface area contributed by atoms with Gasteiger partial charge in [-0.3, -0.25) is 4.57 Å². The van der Waals surface area contributed by atoms with E-state index in [-0.39, 0.29) is 12.4 Å². The fourth-order valence-corrected chi connectivity index (χ4v) is 2.87. The van der Waals surface area contributed by atoms with Gasteiger partial charge in [-0.05, 0) is 13.3 Å². The van der Waals surface area contributed by atoms with E-state index in [9.17, 15) is 10.2 Å². The first kappa shape index (κ1) is 17.0. The molecule has 2 aromatic rings. The van der Waals surface area contributed by atoms with E-state index in [1.807, 2.05) is 0 Å². The van der Waals surface area contributed by atoms with Gasteiger partial charge in [-0.25, -0.2) is 15.0 Å². The van der Waals surface area contributed by atoms with Crippen molar-refractivity contribution in [1.82, 2.24) is 19.5 Å². The normalized spacial score (nSPS) is 27.2. The molecule has 3 rings (SSSR count). The minimum Gasteiger partial charge on any atom is -0.394 e. The standard InChI is InChI=1S/C15H23N5O4/c1-3-4-5-23-12-11(22)9(6-21)24-15(12)20-7-17-10-13(16)18-8(2)19-14(10)20/h7,9,11-12,15,21-22H,3-6H2,1-2H3,(H2,16,18,19)/t9-,11?,12?,15-/m1/s1. The Bertz CT molecular complexity index is 706. The lowest BCUT2D eigenvalue weighted by atomic mass is 10.1. The van der Waals surface area contributed by atoms with Crippen molar-refractivity contribution in [3.8, 4) is 0 Å². The summed E-state index contributed by atoms with van der Waals surface area (Å²) in [5, 5.41) is 19.8. The number of imidazole rings is 1. The maximum Gasteiger partial charge on any atom is 0.167 e. The summed E-state index contributed by atoms with van der Waals surface area (Å²) in [4.78, 5) is 12.7. The number of nitrogens with zero attached hydrogens (tertiary/aromatic N) is 4. The molecule has 1 aliphatic rings. The zero-order valence-electron chi connectivity index (χ0n) is 13.8. The summed E-state index contributed by atoms with van der Waals surface area (Å²) in [6, 6.07) is 0. The minimum atomic E-state index is -0.936. The first-order chi connectivity index (χ1) is 11.6. The van der Waals surface area contributed by atoms with Crippen molar-refractivity contribution in [3.63, 3.8) is 0 Å². The van der Waals surface area contributed by atoms with E-state index >= 15 is 0 Å². The first-order valence-corrected chi connectivity index (χ1v) is 8.09. The molecule has 2 aromatic heterocycles. The topological polar surface area (TPSA) is 129 Å². The lowest BCUT2D eigenvalue weighted by Crippen LogP contribution is -2.35. The van der Waals surface area contributed by atoms with Crippen molar-refractivity contribution in [1.29, 1.82) is 0 Å². The zero-order chi connectivity index (χ0) is 17.3. The van der Waals surface area contributed by atoms with Gasteiger partial charge in [0.15, 0.2) is 17.7 Å². The monoisotopic (exact) mass is 337 g/mol. The number of nitrogens with two attached hydrogens (primary N) is 1. The van der Waals surface area contributed by atoms with E-state index in [1.165, 1.54) is 0 Å². The number of ether oxygens (including phenoxy) is 2. The fourth-order valence-electron chi connectivity index (χ4n) is 2.87. The quantitative estimate of drug-likeness (QED) is 0.636. The first-order valence-electron chi connectivity index (χ1n) is 8.09. The van der Waals surface area contributed by atoms with Crippen LogP contribution in [0.4, 0.5) is 5.82 Å². The van der Waals surface area contributed by atoms with E-state index in [4.69, 9.17) is 15.2 Å². The molecule has 0 radical (unpaired) electrons. The maximum absolute atomic E-state index is 10.4. The van der Waals surface area contributed by atoms with Gasteiger partial charge >= 0.3 is 0 Å². The average Bonchev–Trinajstić information content (AvgIpc) is 3.09. The molecule has 0 bridgehead atoms. The van der Waals surface area contributed by atoms with Crippen LogP contribution in [0.15, 0.2) is 6.33 Å². The molecule has 1 saturated heterocycles. The third kappa shape index (κ3) is 2.95. The molecule has 0 aromatic carbocycles. The summed E-state index contributed by atoms with van der Waals surface area (Å²) in [6.07, 6.45) is 0.472. The second-order valence-corrected chi connectivity index (χ2v) is 5.91. The van der Waals surface area contributed by atoms with Crippen LogP contribution in [-0.4, -0.2) is 61.3 Å². The molecule has 2 unspecified atom stereocenters. The van der Waals surface area contributed by atoms with Gasteiger partial charge in [-0.15, -0.1) is 0 Å². The van der Waals surface area contributed by atoms with E-state index in [1.54, 1.807) is 17.8 Å². The molecule has 9 nitrogen and oxygen atoms in total. The number of aryl methyl sites for hydroxylation is 1. The number of aliphatic hydroxyl groups is 2. The van der Waals surface area contributed by atoms with Crippen LogP contribution in [0.25, 0.3) is 11.2 Å². The summed E-state index contributed by atoms with van der Waals surface area (Å²) >= 11 is 0. The van der Waals surface area contributed by atoms with Crippen LogP contribution in [0.3, 0.4) is 0 Å². The molecular formula is C15H23N5O4. The number of unbranched alkanes of at least 4 members (excludes halogenated alkanes) is 1. The SMILES string of the molecule is CCCCOC1C(O)[C@@H](CO)O[C@H]1n1cnc2c(N)nc(C)nc21. The Hall–Kier alpha value is -1.81. The molecule has 4 N–H and O–H groups in total. The van der Waals surface area contributed by atoms with Crippen molar-refractivity contribution in [2.75, 3.05) is 18.9 Å². The zero-order valence-corrected chi connectivity index (χ0v) is 13.8. The summed E-state index contributed by atoms with van der Waals surface area (Å²) in [5.41, 5.74) is 6.88. The Morgan fingerprint density at radius 2 is 2.21 bits per heavy atom. The van der Waals surface area contributed by atoms with Crippen LogP contribution < -0.4 is 5.73 Å². The maximum atomic E-state index is 10.4. The molecule has 132 valence electrons. The predicted molar refractivity (Wildman–Crippen MR) is 86.1 cm³/mol. The summed E-state index contributed by atoms with van der Waals surface area (Å²) in [5.74, 6) is 0.805. The lowest BCUT2D eigenvalue weighted by molar-refractivity contribution is -0.0709. The Balaban J connectivity index is 1.96. The molecule has 24 heavy (non-hydrogen) atoms. The number of anilines is 1. The van der Waals surface area contributed by atoms with Crippen LogP contribution in [0, 0.1) is 6.92 Å². The molecular weight excluding hydrogens is 314 g/mol. The number of hydrogen-bond acceptors (Lipinski definition) is 8. The highest BCUT2D eigenvalue weighted by Crippen LogP contribution is 2.34. The number of aromatic nitrogens is 4. The number of fused-ring (bicyclic) bond motifs is 1. The van der Waals surface area contributed by atoms with Crippen molar-refractivity contribution in [2.24, 2.45) is 0 Å². The third-order valence-electron chi connectivity index (χ3n) is 4.14. The van der Waals surface area contributed by atoms with Gasteiger partial charge in [0, 0.05) is 6.61 Å². The number of nitrogen functional groups attached to an aromatic ring is 1. The third-order valence-corrected chi connectivity index (χ3v) is 4.14. The molecule has 3 heterocycles. The Labute approximate surface area is 139 Å². The van der Waals surface area contributed by atoms with Crippen molar-refractivity contribution in [2.45, 2.75) is 51.2 Å². The molecule has 0 saturated carbocycles. The highest BCUT2D eigenvalue weighted by Gasteiger charge is 2.45. The van der Waals surface area contributed by atoms with Crippen LogP contribution in [0.5, 0.6) is 0 Å². The molecule has 4 atom stereocenters. The summed E-state index contributed by atoms with van der Waals surface area (Å²) in [6.45, 7) is 4.00. The Morgan fingerprint density at radius 3 is 2.92 bits per heavy atom. The van der Waals surface area contributed by atoms with Crippen LogP contribution in [0.2, 0.25) is 0 Å². The van der Waals surface area contributed by atoms with E-state index < -0.39 is 24.5 Å². The van der Waals surface area contributed by atoms with Crippen molar-refractivity contribution in [3.05, 3.63) is 12.2 Å². The molecule has 0 amide bonds. The average molecular weight is 337 g/mol. The largest absolute Gasteiger partial charge is 0.394 e. The van der Waals surface area contributed by atoms with E-state index in [2.05, 4.69) is 21.9 Å². The van der Waals surface area contributed by atoms with Gasteiger partial charge in [0.05, 0.1) is 12.9 Å². The number of hydrogen-bond donors (Lipinski definition) is 3. The Kier molecular flexibility index (Phi) is 4.95. The van der Waals surface area contributed by atoms with E-state index in [0.29, 0.717) is 23.6 Å². The fraction of sp³-hybridized carbons (Fsp3) is 0.667. The van der Waals surface area contributed by atoms with Crippen LogP contribution in [0.1, 0.15) is 31.8 Å². The minimum absolute atomic E-state index is 0.289. The van der Waals surface area contributed by atoms with Gasteiger partial charge in [-0.2, -0.15) is 0 Å². The molecule has 1 fully saturated rings. The van der Waals surface area contributed by atoms with E-state index in [0.717, 1.165) is 12.8 Å². The van der Waals surface area contributed by atoms with Gasteiger partial charge in [0.2, 0.25) is 0 Å². The van der Waals surface area contributed by atoms with Gasteiger partial charge in [0.25, 0.3) is 0 Å². The number of rotatable bonds is 6. The summed E-state index contributed by atoms with van der Waals surface area (Å²) < 4.78 is 13.3. The predicted octanol–water partition coefficient (Wildman–Crippen LogP) is 0.153. The number of aliphatic hydroxyl groups excluding tert-OH is 2. The molecule has 9 heteroatoms. The van der Waals surface area contributed by atoms with Gasteiger partial charge in [-0.1, -0.05) is 13.3 Å². The molecule has 1 aliphatic heterocycles. The Morgan fingerprint density at radius 1 is 1.42 bits per heavy atom. The lowest BCUT2D eigenvalue weighted by Gasteiger charge is -2.22. The van der Waals surface area contributed by atoms with Crippen LogP contribution in [-0.2, 0) is 9.47 Å². The van der Waals surface area contributed by atoms with Gasteiger partial charge < -0.3 is 25.4 Å². The van der Waals surface area contributed by atoms with Gasteiger partial charge in [0.1, 0.15) is 29.7 Å². The second kappa shape index (κ2) is 6.98. The van der Waals surface area contributed by atoms with Crippen LogP contribution >= 0.6 is 0 Å². The summed E-state index contributed by atoms with van der Waals surface area (Å²) in [7, 11) is 0. The highest BCUT2D eigenvalue weighted by molar-refractivity contribution is 5.81. The second-order valence-electron chi connectivity index (χ2n) is 5.91. The smallest absolute Gasteiger partial charge is 0.167 e. The van der Waals surface area contributed by atoms with Crippen molar-refractivity contribution < 1.29 is 19.7 Å².